The summed E-state index contributed by atoms with van der Waals surface area (Å²) < 4.78 is 0. The molecular formula is C10H13N5O2S. The van der Waals surface area contributed by atoms with Crippen LogP contribution in [0.15, 0.2) is 11.2 Å². The van der Waals surface area contributed by atoms with Gasteiger partial charge in [0.2, 0.25) is 11.8 Å². The quantitative estimate of drug-likeness (QED) is 0.428. The molecule has 96 valence electrons. The van der Waals surface area contributed by atoms with Gasteiger partial charge in [0, 0.05) is 6.07 Å². The minimum atomic E-state index is -0.466. The number of anilines is 2. The predicted octanol–water partition coefficient (Wildman–Crippen LogP) is -0.368. The van der Waals surface area contributed by atoms with Gasteiger partial charge < -0.3 is 10.6 Å². The lowest BCUT2D eigenvalue weighted by Gasteiger charge is -2.32. The molecule has 0 aliphatic carbocycles. The van der Waals surface area contributed by atoms with Crippen LogP contribution in [0, 0.1) is 0 Å². The van der Waals surface area contributed by atoms with Crippen LogP contribution in [0.25, 0.3) is 0 Å². The van der Waals surface area contributed by atoms with E-state index in [1.807, 2.05) is 6.26 Å². The van der Waals surface area contributed by atoms with E-state index in [0.717, 1.165) is 0 Å². The predicted molar refractivity (Wildman–Crippen MR) is 68.2 cm³/mol. The lowest BCUT2D eigenvalue weighted by molar-refractivity contribution is -0.132. The Morgan fingerprint density at radius 3 is 2.89 bits per heavy atom. The van der Waals surface area contributed by atoms with Crippen LogP contribution in [-0.2, 0) is 9.59 Å². The molecule has 1 aliphatic rings. The topological polar surface area (TPSA) is 101 Å². The van der Waals surface area contributed by atoms with Crippen molar-refractivity contribution in [3.63, 3.8) is 0 Å². The number of nitrogens with one attached hydrogen (secondary N) is 1. The van der Waals surface area contributed by atoms with Gasteiger partial charge in [-0.3, -0.25) is 14.9 Å². The Morgan fingerprint density at radius 2 is 2.22 bits per heavy atom. The van der Waals surface area contributed by atoms with Gasteiger partial charge in [0.05, 0.1) is 6.54 Å². The molecule has 1 aromatic heterocycles. The summed E-state index contributed by atoms with van der Waals surface area (Å²) in [6.07, 6.45) is 1.83. The average molecular weight is 267 g/mol. The van der Waals surface area contributed by atoms with Crippen molar-refractivity contribution in [1.82, 2.24) is 15.3 Å². The van der Waals surface area contributed by atoms with Crippen molar-refractivity contribution in [1.29, 1.82) is 0 Å². The van der Waals surface area contributed by atoms with E-state index in [-0.39, 0.29) is 18.4 Å². The number of nitrogen functional groups attached to an aromatic ring is 1. The molecule has 2 rings (SSSR count). The van der Waals surface area contributed by atoms with E-state index in [1.54, 1.807) is 17.9 Å². The summed E-state index contributed by atoms with van der Waals surface area (Å²) in [5.74, 6) is 0.118. The van der Waals surface area contributed by atoms with Gasteiger partial charge in [-0.1, -0.05) is 11.8 Å². The van der Waals surface area contributed by atoms with Crippen molar-refractivity contribution in [2.45, 2.75) is 18.1 Å². The molecule has 0 bridgehead atoms. The third kappa shape index (κ3) is 2.37. The molecule has 1 aliphatic heterocycles. The van der Waals surface area contributed by atoms with Gasteiger partial charge in [-0.2, -0.15) is 0 Å². The van der Waals surface area contributed by atoms with Gasteiger partial charge >= 0.3 is 0 Å². The van der Waals surface area contributed by atoms with Crippen LogP contribution in [-0.4, -0.2) is 40.6 Å². The van der Waals surface area contributed by atoms with Crippen molar-refractivity contribution < 1.29 is 9.59 Å². The van der Waals surface area contributed by atoms with Gasteiger partial charge in [0.15, 0.2) is 5.16 Å². The van der Waals surface area contributed by atoms with Crippen molar-refractivity contribution in [3.05, 3.63) is 6.07 Å². The Kier molecular flexibility index (Phi) is 3.37. The molecule has 1 aromatic rings. The fourth-order valence-corrected chi connectivity index (χ4v) is 2.04. The number of nitrogens with zero attached hydrogens (tertiary/aromatic N) is 3. The number of rotatable bonds is 2. The fourth-order valence-electron chi connectivity index (χ4n) is 1.66. The van der Waals surface area contributed by atoms with Crippen LogP contribution in [0.3, 0.4) is 0 Å². The molecule has 0 radical (unpaired) electrons. The summed E-state index contributed by atoms with van der Waals surface area (Å²) in [7, 11) is 0. The highest BCUT2D eigenvalue weighted by molar-refractivity contribution is 7.98. The minimum Gasteiger partial charge on any atom is -0.383 e. The summed E-state index contributed by atoms with van der Waals surface area (Å²) in [4.78, 5) is 32.9. The third-order valence-electron chi connectivity index (χ3n) is 2.61. The molecule has 1 atom stereocenters. The second kappa shape index (κ2) is 4.81. The monoisotopic (exact) mass is 267 g/mol. The highest BCUT2D eigenvalue weighted by Crippen LogP contribution is 2.21. The smallest absolute Gasteiger partial charge is 0.249 e. The number of hydrogen-bond acceptors (Lipinski definition) is 7. The summed E-state index contributed by atoms with van der Waals surface area (Å²) in [6.45, 7) is 1.79. The molecule has 1 saturated heterocycles. The van der Waals surface area contributed by atoms with E-state index >= 15 is 0 Å². The molecule has 8 heteroatoms. The van der Waals surface area contributed by atoms with Crippen LogP contribution < -0.4 is 16.0 Å². The zero-order valence-corrected chi connectivity index (χ0v) is 10.8. The van der Waals surface area contributed by atoms with E-state index in [0.29, 0.717) is 16.8 Å². The van der Waals surface area contributed by atoms with Crippen molar-refractivity contribution in [2.24, 2.45) is 0 Å². The van der Waals surface area contributed by atoms with E-state index in [9.17, 15) is 9.59 Å². The second-order valence-corrected chi connectivity index (χ2v) is 4.63. The molecule has 18 heavy (non-hydrogen) atoms. The van der Waals surface area contributed by atoms with E-state index in [1.165, 1.54) is 11.8 Å². The zero-order valence-electron chi connectivity index (χ0n) is 10.0. The number of amides is 2. The maximum Gasteiger partial charge on any atom is 0.249 e. The molecule has 0 aromatic carbocycles. The third-order valence-corrected chi connectivity index (χ3v) is 3.16. The van der Waals surface area contributed by atoms with Crippen molar-refractivity contribution >= 4 is 35.2 Å². The number of piperazine rings is 1. The highest BCUT2D eigenvalue weighted by Gasteiger charge is 2.31. The molecule has 1 fully saturated rings. The number of thioether (sulfide) groups is 1. The second-order valence-electron chi connectivity index (χ2n) is 3.85. The molecule has 3 N–H and O–H groups in total. The maximum absolute atomic E-state index is 11.6. The van der Waals surface area contributed by atoms with E-state index in [4.69, 9.17) is 5.73 Å². The van der Waals surface area contributed by atoms with Crippen molar-refractivity contribution in [3.8, 4) is 0 Å². The van der Waals surface area contributed by atoms with Crippen LogP contribution in [0.4, 0.5) is 11.6 Å². The lowest BCUT2D eigenvalue weighted by atomic mass is 10.2. The van der Waals surface area contributed by atoms with E-state index < -0.39 is 6.04 Å². The van der Waals surface area contributed by atoms with Crippen molar-refractivity contribution in [2.75, 3.05) is 23.4 Å². The van der Waals surface area contributed by atoms with Gasteiger partial charge in [-0.25, -0.2) is 9.97 Å². The Bertz CT molecular complexity index is 507. The number of carbonyl (C=O) groups excluding carboxylic acids is 2. The highest BCUT2D eigenvalue weighted by atomic mass is 32.2. The first-order valence-corrected chi connectivity index (χ1v) is 6.52. The normalized spacial score (nSPS) is 19.9. The maximum atomic E-state index is 11.6. The molecule has 0 spiro atoms. The first-order valence-electron chi connectivity index (χ1n) is 5.30. The average Bonchev–Trinajstić information content (AvgIpc) is 2.32. The lowest BCUT2D eigenvalue weighted by Crippen LogP contribution is -2.57. The Morgan fingerprint density at radius 1 is 1.50 bits per heavy atom. The summed E-state index contributed by atoms with van der Waals surface area (Å²) >= 11 is 1.35. The molecular weight excluding hydrogens is 254 g/mol. The van der Waals surface area contributed by atoms with Crippen LogP contribution in [0.2, 0.25) is 0 Å². The van der Waals surface area contributed by atoms with Crippen LogP contribution in [0.5, 0.6) is 0 Å². The summed E-state index contributed by atoms with van der Waals surface area (Å²) in [6, 6.07) is 1.09. The number of carbonyl (C=O) groups is 2. The molecule has 2 heterocycles. The molecule has 2 amide bonds. The number of hydrogen-bond donors (Lipinski definition) is 2. The zero-order chi connectivity index (χ0) is 13.3. The van der Waals surface area contributed by atoms with Crippen LogP contribution in [0.1, 0.15) is 6.92 Å². The Hall–Kier alpha value is -1.83. The van der Waals surface area contributed by atoms with Crippen LogP contribution >= 0.6 is 11.8 Å². The molecule has 1 unspecified atom stereocenters. The van der Waals surface area contributed by atoms with Gasteiger partial charge in [-0.15, -0.1) is 0 Å². The van der Waals surface area contributed by atoms with Gasteiger partial charge in [0.1, 0.15) is 17.7 Å². The number of aromatic nitrogens is 2. The Balaban J connectivity index is 2.37. The van der Waals surface area contributed by atoms with Gasteiger partial charge in [0.25, 0.3) is 0 Å². The Labute approximate surface area is 108 Å². The fraction of sp³-hybridized carbons (Fsp3) is 0.400. The number of nitrogens with two attached hydrogens (primary N) is 1. The SMILES string of the molecule is CSc1nc(N)cc(N2CC(=O)NC(=O)C2C)n1. The van der Waals surface area contributed by atoms with Gasteiger partial charge in [-0.05, 0) is 13.2 Å². The largest absolute Gasteiger partial charge is 0.383 e. The minimum absolute atomic E-state index is 0.0805. The summed E-state index contributed by atoms with van der Waals surface area (Å²) in [5.41, 5.74) is 5.68. The first-order chi connectivity index (χ1) is 8.51. The standard InChI is InChI=1S/C10H13N5O2S/c1-5-9(17)14-8(16)4-15(5)7-3-6(11)12-10(13-7)18-2/h3,5H,4H2,1-2H3,(H2,11,12,13)(H,14,16,17). The summed E-state index contributed by atoms with van der Waals surface area (Å²) in [5, 5.41) is 2.78. The molecule has 0 saturated carbocycles. The number of imide groups is 1. The van der Waals surface area contributed by atoms with E-state index in [2.05, 4.69) is 15.3 Å². The first kappa shape index (κ1) is 12.6. The molecule has 7 nitrogen and oxygen atoms in total.